The molecule has 0 amide bonds. The number of hydrogen-bond donors (Lipinski definition) is 1. The molecule has 0 aromatic heterocycles. The van der Waals surface area contributed by atoms with Gasteiger partial charge in [0, 0.05) is 12.6 Å². The minimum absolute atomic E-state index is 0.287. The van der Waals surface area contributed by atoms with E-state index in [4.69, 9.17) is 4.74 Å². The van der Waals surface area contributed by atoms with E-state index in [0.717, 1.165) is 12.3 Å². The number of benzene rings is 2. The topological polar surface area (TPSA) is 21.3 Å². The highest BCUT2D eigenvalue weighted by Gasteiger charge is 2.05. The monoisotopic (exact) mass is 309 g/mol. The summed E-state index contributed by atoms with van der Waals surface area (Å²) >= 11 is 0. The van der Waals surface area contributed by atoms with Gasteiger partial charge in [0.25, 0.3) is 0 Å². The van der Waals surface area contributed by atoms with Crippen LogP contribution in [0.4, 0.5) is 0 Å². The van der Waals surface area contributed by atoms with Crippen LogP contribution in [0.5, 0.6) is 5.75 Å². The maximum absolute atomic E-state index is 5.28. The molecule has 0 saturated heterocycles. The van der Waals surface area contributed by atoms with Gasteiger partial charge in [-0.1, -0.05) is 42.0 Å². The van der Waals surface area contributed by atoms with E-state index >= 15 is 0 Å². The van der Waals surface area contributed by atoms with Crippen molar-refractivity contribution in [3.05, 3.63) is 70.3 Å². The Balaban J connectivity index is 1.96. The molecule has 2 rings (SSSR count). The molecule has 1 N–H and O–H groups in total. The molecule has 2 heteroatoms. The Morgan fingerprint density at radius 2 is 1.78 bits per heavy atom. The third-order valence-corrected chi connectivity index (χ3v) is 4.16. The zero-order valence-electron chi connectivity index (χ0n) is 14.8. The minimum Gasteiger partial charge on any atom is -0.497 e. The summed E-state index contributed by atoms with van der Waals surface area (Å²) in [5.74, 6) is 0.901. The molecular formula is C21H27NO. The summed E-state index contributed by atoms with van der Waals surface area (Å²) in [6.45, 7) is 9.50. The molecule has 23 heavy (non-hydrogen) atoms. The van der Waals surface area contributed by atoms with Gasteiger partial charge in [-0.05, 0) is 62.1 Å². The number of hydrogen-bond acceptors (Lipinski definition) is 2. The Morgan fingerprint density at radius 1 is 1.09 bits per heavy atom. The molecule has 2 aromatic carbocycles. The molecular weight excluding hydrogens is 282 g/mol. The summed E-state index contributed by atoms with van der Waals surface area (Å²) in [4.78, 5) is 0. The number of ether oxygens (including phenoxy) is 1. The van der Waals surface area contributed by atoms with Crippen LogP contribution in [0.2, 0.25) is 0 Å². The molecule has 0 aliphatic heterocycles. The summed E-state index contributed by atoms with van der Waals surface area (Å²) in [6, 6.07) is 13.0. The summed E-state index contributed by atoms with van der Waals surface area (Å²) < 4.78 is 5.28. The Hall–Kier alpha value is -2.06. The Morgan fingerprint density at radius 3 is 2.43 bits per heavy atom. The molecule has 2 aromatic rings. The van der Waals surface area contributed by atoms with Gasteiger partial charge in [-0.15, -0.1) is 0 Å². The molecule has 0 saturated carbocycles. The first kappa shape index (κ1) is 17.3. The van der Waals surface area contributed by atoms with Crippen molar-refractivity contribution in [2.75, 3.05) is 13.7 Å². The van der Waals surface area contributed by atoms with Crippen LogP contribution in [0.1, 0.15) is 40.8 Å². The highest BCUT2D eigenvalue weighted by atomic mass is 16.5. The molecule has 0 radical (unpaired) electrons. The summed E-state index contributed by atoms with van der Waals surface area (Å²) in [7, 11) is 1.70. The normalized spacial score (nSPS) is 12.6. The highest BCUT2D eigenvalue weighted by Crippen LogP contribution is 2.19. The molecule has 2 nitrogen and oxygen atoms in total. The fourth-order valence-corrected chi connectivity index (χ4v) is 2.90. The maximum atomic E-state index is 5.28. The molecule has 0 fully saturated rings. The van der Waals surface area contributed by atoms with Crippen LogP contribution in [-0.2, 0) is 0 Å². The second-order valence-electron chi connectivity index (χ2n) is 6.12. The van der Waals surface area contributed by atoms with Gasteiger partial charge in [-0.25, -0.2) is 0 Å². The van der Waals surface area contributed by atoms with Gasteiger partial charge in [-0.3, -0.25) is 0 Å². The van der Waals surface area contributed by atoms with Crippen LogP contribution >= 0.6 is 0 Å². The molecule has 122 valence electrons. The van der Waals surface area contributed by atoms with Crippen molar-refractivity contribution in [1.82, 2.24) is 5.32 Å². The van der Waals surface area contributed by atoms with Crippen LogP contribution in [0.15, 0.2) is 42.5 Å². The molecule has 1 atom stereocenters. The fourth-order valence-electron chi connectivity index (χ4n) is 2.90. The Labute approximate surface area is 140 Å². The van der Waals surface area contributed by atoms with Gasteiger partial charge in [0.15, 0.2) is 0 Å². The van der Waals surface area contributed by atoms with Crippen LogP contribution in [0, 0.1) is 20.8 Å². The Bertz CT molecular complexity index is 665. The van der Waals surface area contributed by atoms with Crippen LogP contribution < -0.4 is 10.1 Å². The van der Waals surface area contributed by atoms with Crippen molar-refractivity contribution in [3.63, 3.8) is 0 Å². The number of aryl methyl sites for hydroxylation is 3. The lowest BCUT2D eigenvalue weighted by molar-refractivity contribution is 0.413. The molecule has 0 heterocycles. The maximum Gasteiger partial charge on any atom is 0.119 e. The second-order valence-corrected chi connectivity index (χ2v) is 6.12. The first-order valence-corrected chi connectivity index (χ1v) is 8.13. The summed E-state index contributed by atoms with van der Waals surface area (Å²) in [6.07, 6.45) is 4.41. The number of rotatable bonds is 6. The van der Waals surface area contributed by atoms with Crippen LogP contribution in [-0.4, -0.2) is 13.7 Å². The van der Waals surface area contributed by atoms with E-state index in [1.807, 2.05) is 12.1 Å². The fraction of sp³-hybridized carbons (Fsp3) is 0.333. The van der Waals surface area contributed by atoms with E-state index < -0.39 is 0 Å². The van der Waals surface area contributed by atoms with Gasteiger partial charge in [-0.2, -0.15) is 0 Å². The average Bonchev–Trinajstić information content (AvgIpc) is 2.53. The highest BCUT2D eigenvalue weighted by molar-refractivity contribution is 5.58. The number of methoxy groups -OCH3 is 1. The van der Waals surface area contributed by atoms with E-state index in [9.17, 15) is 0 Å². The molecule has 0 unspecified atom stereocenters. The quantitative estimate of drug-likeness (QED) is 0.812. The summed E-state index contributed by atoms with van der Waals surface area (Å²) in [5, 5.41) is 3.53. The van der Waals surface area contributed by atoms with E-state index in [1.165, 1.54) is 27.8 Å². The zero-order valence-corrected chi connectivity index (χ0v) is 14.8. The lowest BCUT2D eigenvalue weighted by atomic mass is 9.99. The van der Waals surface area contributed by atoms with Gasteiger partial charge < -0.3 is 10.1 Å². The van der Waals surface area contributed by atoms with E-state index in [2.05, 4.69) is 69.4 Å². The number of nitrogens with one attached hydrogen (secondary N) is 1. The molecule has 0 bridgehead atoms. The van der Waals surface area contributed by atoms with Crippen molar-refractivity contribution in [1.29, 1.82) is 0 Å². The minimum atomic E-state index is 0.287. The lowest BCUT2D eigenvalue weighted by Gasteiger charge is -2.14. The van der Waals surface area contributed by atoms with Gasteiger partial charge in [0.1, 0.15) is 5.75 Å². The van der Waals surface area contributed by atoms with Crippen molar-refractivity contribution < 1.29 is 4.74 Å². The molecule has 0 spiro atoms. The van der Waals surface area contributed by atoms with Crippen LogP contribution in [0.25, 0.3) is 6.08 Å². The van der Waals surface area contributed by atoms with Gasteiger partial charge in [0.2, 0.25) is 0 Å². The van der Waals surface area contributed by atoms with Crippen molar-refractivity contribution in [2.45, 2.75) is 33.7 Å². The third-order valence-electron chi connectivity index (χ3n) is 4.16. The third kappa shape index (κ3) is 4.70. The van der Waals surface area contributed by atoms with Crippen molar-refractivity contribution in [3.8, 4) is 5.75 Å². The lowest BCUT2D eigenvalue weighted by Crippen LogP contribution is -2.18. The smallest absolute Gasteiger partial charge is 0.119 e. The second kappa shape index (κ2) is 7.98. The van der Waals surface area contributed by atoms with E-state index in [1.54, 1.807) is 7.11 Å². The average molecular weight is 309 g/mol. The zero-order chi connectivity index (χ0) is 16.8. The van der Waals surface area contributed by atoms with Crippen molar-refractivity contribution >= 4 is 6.08 Å². The largest absolute Gasteiger partial charge is 0.497 e. The first-order valence-electron chi connectivity index (χ1n) is 8.13. The molecule has 0 aliphatic rings. The van der Waals surface area contributed by atoms with Gasteiger partial charge >= 0.3 is 0 Å². The summed E-state index contributed by atoms with van der Waals surface area (Å²) in [5.41, 5.74) is 6.55. The van der Waals surface area contributed by atoms with Gasteiger partial charge in [0.05, 0.1) is 7.11 Å². The first-order chi connectivity index (χ1) is 11.0. The van der Waals surface area contributed by atoms with Crippen LogP contribution in [0.3, 0.4) is 0 Å². The Kier molecular flexibility index (Phi) is 6.00. The molecule has 0 aliphatic carbocycles. The predicted molar refractivity (Wildman–Crippen MR) is 99.1 cm³/mol. The van der Waals surface area contributed by atoms with E-state index in [0.29, 0.717) is 0 Å². The van der Waals surface area contributed by atoms with Crippen molar-refractivity contribution in [2.24, 2.45) is 0 Å². The SMILES string of the molecule is COc1cccc([C@@H](C)NC/C=C/c2c(C)cc(C)cc2C)c1. The predicted octanol–water partition coefficient (Wildman–Crippen LogP) is 4.98. The van der Waals surface area contributed by atoms with E-state index in [-0.39, 0.29) is 6.04 Å². The standard InChI is InChI=1S/C21H27NO/c1-15-12-16(2)21(17(3)13-15)10-7-11-22-18(4)19-8-6-9-20(14-19)23-5/h6-10,12-14,18,22H,11H2,1-5H3/b10-7+/t18-/m1/s1.